The zero-order valence-electron chi connectivity index (χ0n) is 11.6. The SMILES string of the molecule is [CH2]c1ccc(C(=O)Nc2ncc(C(C)C)s2)cc1[N+](=O)[O-]. The molecule has 0 fully saturated rings. The number of nitrogens with one attached hydrogen (secondary N) is 1. The third-order valence-electron chi connectivity index (χ3n) is 2.86. The standard InChI is InChI=1S/C14H14N3O3S/c1-8(2)12-7-15-14(21-12)16-13(18)10-5-4-9(3)11(6-10)17(19)20/h4-8H,3H2,1-2H3,(H,15,16,18). The van der Waals surface area contributed by atoms with Crippen molar-refractivity contribution < 1.29 is 9.72 Å². The summed E-state index contributed by atoms with van der Waals surface area (Å²) in [6, 6.07) is 4.17. The molecule has 0 saturated carbocycles. The van der Waals surface area contributed by atoms with Crippen molar-refractivity contribution in [2.45, 2.75) is 19.8 Å². The molecule has 0 aliphatic rings. The number of nitro groups is 1. The lowest BCUT2D eigenvalue weighted by Gasteiger charge is -2.03. The normalized spacial score (nSPS) is 10.7. The molecule has 109 valence electrons. The highest BCUT2D eigenvalue weighted by molar-refractivity contribution is 7.15. The summed E-state index contributed by atoms with van der Waals surface area (Å²) in [6.07, 6.45) is 1.71. The fraction of sp³-hybridized carbons (Fsp3) is 0.214. The number of thiazole rings is 1. The van der Waals surface area contributed by atoms with Crippen LogP contribution in [0.5, 0.6) is 0 Å². The number of aromatic nitrogens is 1. The summed E-state index contributed by atoms with van der Waals surface area (Å²) in [7, 11) is 0. The highest BCUT2D eigenvalue weighted by Crippen LogP contribution is 2.26. The molecule has 0 bridgehead atoms. The molecule has 1 heterocycles. The second kappa shape index (κ2) is 6.01. The van der Waals surface area contributed by atoms with Gasteiger partial charge in [-0.2, -0.15) is 0 Å². The first-order valence-electron chi connectivity index (χ1n) is 6.26. The van der Waals surface area contributed by atoms with Crippen molar-refractivity contribution in [3.05, 3.63) is 57.4 Å². The molecule has 0 saturated heterocycles. The molecule has 0 aliphatic heterocycles. The van der Waals surface area contributed by atoms with Crippen LogP contribution in [0.4, 0.5) is 10.8 Å². The van der Waals surface area contributed by atoms with Crippen LogP contribution >= 0.6 is 11.3 Å². The number of hydrogen-bond donors (Lipinski definition) is 1. The van der Waals surface area contributed by atoms with Crippen molar-refractivity contribution in [3.8, 4) is 0 Å². The second-order valence-corrected chi connectivity index (χ2v) is 5.84. The maximum absolute atomic E-state index is 12.1. The number of hydrogen-bond acceptors (Lipinski definition) is 5. The van der Waals surface area contributed by atoms with Gasteiger partial charge in [0.05, 0.1) is 4.92 Å². The maximum atomic E-state index is 12.1. The number of carbonyl (C=O) groups excluding carboxylic acids is 1. The Kier molecular flexibility index (Phi) is 4.32. The van der Waals surface area contributed by atoms with Gasteiger partial charge in [0.15, 0.2) is 5.13 Å². The first kappa shape index (κ1) is 15.1. The van der Waals surface area contributed by atoms with Gasteiger partial charge in [0.25, 0.3) is 11.6 Å². The molecular weight excluding hydrogens is 290 g/mol. The van der Waals surface area contributed by atoms with E-state index < -0.39 is 10.8 Å². The van der Waals surface area contributed by atoms with Gasteiger partial charge in [0.1, 0.15) is 0 Å². The Morgan fingerprint density at radius 3 is 2.76 bits per heavy atom. The van der Waals surface area contributed by atoms with Gasteiger partial charge in [0, 0.05) is 28.3 Å². The van der Waals surface area contributed by atoms with Crippen LogP contribution in [0.15, 0.2) is 24.4 Å². The van der Waals surface area contributed by atoms with E-state index in [4.69, 9.17) is 0 Å². The molecule has 7 heteroatoms. The molecule has 0 spiro atoms. The van der Waals surface area contributed by atoms with E-state index in [-0.39, 0.29) is 16.8 Å². The van der Waals surface area contributed by atoms with Crippen molar-refractivity contribution in [1.29, 1.82) is 0 Å². The number of anilines is 1. The van der Waals surface area contributed by atoms with Gasteiger partial charge in [0.2, 0.25) is 0 Å². The van der Waals surface area contributed by atoms with Crippen LogP contribution in [0.3, 0.4) is 0 Å². The zero-order chi connectivity index (χ0) is 15.6. The van der Waals surface area contributed by atoms with Crippen molar-refractivity contribution >= 4 is 28.1 Å². The number of nitro benzene ring substituents is 1. The Bertz CT molecular complexity index is 695. The van der Waals surface area contributed by atoms with Crippen molar-refractivity contribution in [2.24, 2.45) is 0 Å². The fourth-order valence-corrected chi connectivity index (χ4v) is 2.47. The average Bonchev–Trinajstić information content (AvgIpc) is 2.87. The topological polar surface area (TPSA) is 85.1 Å². The molecule has 1 N–H and O–H groups in total. The summed E-state index contributed by atoms with van der Waals surface area (Å²) >= 11 is 1.39. The summed E-state index contributed by atoms with van der Waals surface area (Å²) in [5.74, 6) is -0.0950. The van der Waals surface area contributed by atoms with Gasteiger partial charge in [-0.05, 0) is 18.9 Å². The summed E-state index contributed by atoms with van der Waals surface area (Å²) in [5.41, 5.74) is 0.299. The van der Waals surface area contributed by atoms with Crippen LogP contribution in [0.1, 0.15) is 40.6 Å². The third-order valence-corrected chi connectivity index (χ3v) is 4.07. The summed E-state index contributed by atoms with van der Waals surface area (Å²) in [4.78, 5) is 27.6. The molecule has 1 radical (unpaired) electrons. The quantitative estimate of drug-likeness (QED) is 0.690. The number of amides is 1. The fourth-order valence-electron chi connectivity index (χ4n) is 1.66. The predicted molar refractivity (Wildman–Crippen MR) is 81.7 cm³/mol. The highest BCUT2D eigenvalue weighted by Gasteiger charge is 2.16. The Morgan fingerprint density at radius 1 is 1.48 bits per heavy atom. The molecule has 21 heavy (non-hydrogen) atoms. The molecule has 1 aromatic heterocycles. The molecule has 0 atom stereocenters. The van der Waals surface area contributed by atoms with E-state index in [1.165, 1.54) is 29.5 Å². The third kappa shape index (κ3) is 3.43. The number of benzene rings is 1. The molecule has 1 aromatic carbocycles. The Hall–Kier alpha value is -2.28. The minimum atomic E-state index is -0.556. The Labute approximate surface area is 126 Å². The first-order valence-corrected chi connectivity index (χ1v) is 7.07. The van der Waals surface area contributed by atoms with Crippen LogP contribution < -0.4 is 5.32 Å². The molecular formula is C14H14N3O3S. The van der Waals surface area contributed by atoms with E-state index in [2.05, 4.69) is 17.2 Å². The molecule has 0 aliphatic carbocycles. The smallest absolute Gasteiger partial charge is 0.273 e. The van der Waals surface area contributed by atoms with E-state index >= 15 is 0 Å². The second-order valence-electron chi connectivity index (χ2n) is 4.78. The Balaban J connectivity index is 2.20. The highest BCUT2D eigenvalue weighted by atomic mass is 32.1. The average molecular weight is 304 g/mol. The maximum Gasteiger partial charge on any atom is 0.273 e. The van der Waals surface area contributed by atoms with E-state index in [9.17, 15) is 14.9 Å². The van der Waals surface area contributed by atoms with Crippen LogP contribution in [-0.4, -0.2) is 15.8 Å². The van der Waals surface area contributed by atoms with E-state index in [0.29, 0.717) is 11.0 Å². The van der Waals surface area contributed by atoms with Crippen LogP contribution in [0, 0.1) is 17.0 Å². The van der Waals surface area contributed by atoms with E-state index in [0.717, 1.165) is 4.88 Å². The molecule has 2 rings (SSSR count). The summed E-state index contributed by atoms with van der Waals surface area (Å²) in [6.45, 7) is 7.64. The molecule has 2 aromatic rings. The molecule has 6 nitrogen and oxygen atoms in total. The van der Waals surface area contributed by atoms with Gasteiger partial charge in [-0.15, -0.1) is 11.3 Å². The van der Waals surface area contributed by atoms with E-state index in [1.54, 1.807) is 6.20 Å². The lowest BCUT2D eigenvalue weighted by atomic mass is 10.1. The summed E-state index contributed by atoms with van der Waals surface area (Å²) in [5, 5.41) is 14.0. The van der Waals surface area contributed by atoms with Crippen molar-refractivity contribution in [2.75, 3.05) is 5.32 Å². The zero-order valence-corrected chi connectivity index (χ0v) is 12.4. The monoisotopic (exact) mass is 304 g/mol. The van der Waals surface area contributed by atoms with Crippen molar-refractivity contribution in [1.82, 2.24) is 4.98 Å². The summed E-state index contributed by atoms with van der Waals surface area (Å²) < 4.78 is 0. The minimum Gasteiger partial charge on any atom is -0.298 e. The van der Waals surface area contributed by atoms with Crippen LogP contribution in [0.25, 0.3) is 0 Å². The van der Waals surface area contributed by atoms with Crippen LogP contribution in [0.2, 0.25) is 0 Å². The largest absolute Gasteiger partial charge is 0.298 e. The van der Waals surface area contributed by atoms with Gasteiger partial charge in [-0.25, -0.2) is 4.98 Å². The van der Waals surface area contributed by atoms with Crippen LogP contribution in [-0.2, 0) is 0 Å². The lowest BCUT2D eigenvalue weighted by molar-refractivity contribution is -0.385. The van der Waals surface area contributed by atoms with Gasteiger partial charge in [-0.3, -0.25) is 20.2 Å². The number of carbonyl (C=O) groups is 1. The van der Waals surface area contributed by atoms with Crippen molar-refractivity contribution in [3.63, 3.8) is 0 Å². The lowest BCUT2D eigenvalue weighted by Crippen LogP contribution is -2.12. The Morgan fingerprint density at radius 2 is 2.19 bits per heavy atom. The number of rotatable bonds is 4. The van der Waals surface area contributed by atoms with Gasteiger partial charge in [-0.1, -0.05) is 19.9 Å². The number of nitrogens with zero attached hydrogens (tertiary/aromatic N) is 2. The minimum absolute atomic E-state index is 0.176. The van der Waals surface area contributed by atoms with Gasteiger partial charge < -0.3 is 0 Å². The van der Waals surface area contributed by atoms with E-state index in [1.807, 2.05) is 13.8 Å². The van der Waals surface area contributed by atoms with Gasteiger partial charge >= 0.3 is 0 Å². The molecule has 1 amide bonds. The predicted octanol–water partition coefficient (Wildman–Crippen LogP) is 3.61. The molecule has 0 unspecified atom stereocenters. The first-order chi connectivity index (χ1) is 9.88.